The minimum absolute atomic E-state index is 0.0489. The Labute approximate surface area is 165 Å². The van der Waals surface area contributed by atoms with Crippen molar-refractivity contribution in [1.29, 1.82) is 10.8 Å². The van der Waals surface area contributed by atoms with Gasteiger partial charge in [0.1, 0.15) is 11.7 Å². The molecule has 0 spiro atoms. The molecule has 28 heavy (non-hydrogen) atoms. The van der Waals surface area contributed by atoms with Crippen LogP contribution in [0.25, 0.3) is 0 Å². The quantitative estimate of drug-likeness (QED) is 0.276. The topological polar surface area (TPSA) is 142 Å². The van der Waals surface area contributed by atoms with Crippen molar-refractivity contribution in [3.63, 3.8) is 0 Å². The highest BCUT2D eigenvalue weighted by Crippen LogP contribution is 2.22. The lowest BCUT2D eigenvalue weighted by Gasteiger charge is -2.25. The summed E-state index contributed by atoms with van der Waals surface area (Å²) < 4.78 is 0. The molecule has 2 aliphatic rings. The van der Waals surface area contributed by atoms with Gasteiger partial charge in [-0.2, -0.15) is 0 Å². The monoisotopic (exact) mass is 381 g/mol. The van der Waals surface area contributed by atoms with E-state index in [1.54, 1.807) is 33.2 Å². The molecule has 0 atom stereocenters. The van der Waals surface area contributed by atoms with Crippen LogP contribution in [0.4, 0.5) is 0 Å². The number of allylic oxidation sites excluding steroid dienone is 6. The van der Waals surface area contributed by atoms with E-state index >= 15 is 0 Å². The van der Waals surface area contributed by atoms with Crippen LogP contribution >= 0.6 is 0 Å². The lowest BCUT2D eigenvalue weighted by Crippen LogP contribution is -2.35. The number of aliphatic imine (C=N–C) groups is 1. The van der Waals surface area contributed by atoms with Gasteiger partial charge in [0.2, 0.25) is 0 Å². The number of nitrogens with one attached hydrogen (secondary N) is 5. The number of nitrogens with zero attached hydrogens (tertiary/aromatic N) is 1. The first kappa shape index (κ1) is 20.9. The first-order valence-corrected chi connectivity index (χ1v) is 8.73. The third kappa shape index (κ3) is 5.08. The van der Waals surface area contributed by atoms with Crippen molar-refractivity contribution in [3.05, 3.63) is 70.1 Å². The highest BCUT2D eigenvalue weighted by atomic mass is 16.3. The van der Waals surface area contributed by atoms with Crippen molar-refractivity contribution in [3.8, 4) is 0 Å². The summed E-state index contributed by atoms with van der Waals surface area (Å²) in [4.78, 5) is 4.05. The molecule has 0 bridgehead atoms. The van der Waals surface area contributed by atoms with E-state index in [-0.39, 0.29) is 5.84 Å². The summed E-state index contributed by atoms with van der Waals surface area (Å²) in [6.07, 6.45) is 11.7. The summed E-state index contributed by atoms with van der Waals surface area (Å²) in [5, 5.41) is 34.9. The SMILES string of the molecule is CN=CC(C1=CNC2=CC=C(NC(=N)C=C(C=N)C(C)(C)O)NC2=C1)=C(C)N. The molecule has 0 unspecified atom stereocenters. The first-order chi connectivity index (χ1) is 13.2. The summed E-state index contributed by atoms with van der Waals surface area (Å²) in [6.45, 7) is 4.96. The highest BCUT2D eigenvalue weighted by molar-refractivity contribution is 5.97. The molecule has 0 fully saturated rings. The zero-order valence-corrected chi connectivity index (χ0v) is 16.5. The fourth-order valence-corrected chi connectivity index (χ4v) is 2.60. The molecule has 0 amide bonds. The van der Waals surface area contributed by atoms with Crippen LogP contribution in [0.15, 0.2) is 75.1 Å². The average molecular weight is 381 g/mol. The number of hydrogen-bond donors (Lipinski definition) is 7. The summed E-state index contributed by atoms with van der Waals surface area (Å²) in [5.41, 5.74) is 9.16. The van der Waals surface area contributed by atoms with Gasteiger partial charge in [-0.3, -0.25) is 10.4 Å². The van der Waals surface area contributed by atoms with E-state index in [1.165, 1.54) is 6.08 Å². The summed E-state index contributed by atoms with van der Waals surface area (Å²) >= 11 is 0. The fraction of sp³-hybridized carbons (Fsp3) is 0.250. The van der Waals surface area contributed by atoms with Crippen molar-refractivity contribution in [2.45, 2.75) is 26.4 Å². The molecule has 8 heteroatoms. The Kier molecular flexibility index (Phi) is 6.37. The third-order valence-electron chi connectivity index (χ3n) is 4.08. The molecule has 2 rings (SSSR count). The van der Waals surface area contributed by atoms with Gasteiger partial charge in [-0.1, -0.05) is 0 Å². The molecule has 2 heterocycles. The standard InChI is InChI=1S/C20H27N7O/c1-12(22)15(11-24-4)13-7-17-16(25-10-13)5-6-19(26-17)27-18(23)8-14(9-21)20(2,3)28/h5-11,21,25-26,28H,22H2,1-4H3,(H2,23,27). The minimum atomic E-state index is -1.20. The molecule has 0 aromatic rings. The average Bonchev–Trinajstić information content (AvgIpc) is 2.62. The zero-order valence-electron chi connectivity index (χ0n) is 16.5. The maximum Gasteiger partial charge on any atom is 0.123 e. The van der Waals surface area contributed by atoms with Gasteiger partial charge >= 0.3 is 0 Å². The molecule has 0 saturated carbocycles. The van der Waals surface area contributed by atoms with Crippen LogP contribution in [-0.4, -0.2) is 36.0 Å². The van der Waals surface area contributed by atoms with Crippen molar-refractivity contribution in [2.24, 2.45) is 10.7 Å². The molecule has 0 aromatic heterocycles. The van der Waals surface area contributed by atoms with Crippen molar-refractivity contribution in [1.82, 2.24) is 16.0 Å². The Morgan fingerprint density at radius 2 is 2.04 bits per heavy atom. The van der Waals surface area contributed by atoms with Crippen LogP contribution in [0.2, 0.25) is 0 Å². The van der Waals surface area contributed by atoms with Crippen LogP contribution in [-0.2, 0) is 0 Å². The number of amidine groups is 1. The van der Waals surface area contributed by atoms with E-state index < -0.39 is 5.60 Å². The van der Waals surface area contributed by atoms with E-state index in [0.717, 1.165) is 28.8 Å². The molecule has 0 radical (unpaired) electrons. The van der Waals surface area contributed by atoms with E-state index in [9.17, 15) is 5.11 Å². The van der Waals surface area contributed by atoms with E-state index in [1.807, 2.05) is 25.3 Å². The van der Waals surface area contributed by atoms with E-state index in [2.05, 4.69) is 20.9 Å². The Morgan fingerprint density at radius 3 is 2.61 bits per heavy atom. The Balaban J connectivity index is 2.19. The molecule has 0 aliphatic carbocycles. The number of fused-ring (bicyclic) bond motifs is 1. The van der Waals surface area contributed by atoms with Crippen molar-refractivity contribution >= 4 is 18.3 Å². The number of hydrogen-bond acceptors (Lipinski definition) is 7. The number of dihydropyridines is 2. The van der Waals surface area contributed by atoms with Gasteiger partial charge in [-0.05, 0) is 45.1 Å². The lowest BCUT2D eigenvalue weighted by atomic mass is 9.98. The normalized spacial score (nSPS) is 17.8. The first-order valence-electron chi connectivity index (χ1n) is 8.73. The predicted molar refractivity (Wildman–Crippen MR) is 114 cm³/mol. The van der Waals surface area contributed by atoms with Gasteiger partial charge in [-0.15, -0.1) is 0 Å². The zero-order chi connectivity index (χ0) is 20.9. The second kappa shape index (κ2) is 8.53. The molecular formula is C20H27N7O. The molecule has 0 saturated heterocycles. The van der Waals surface area contributed by atoms with Crippen molar-refractivity contribution < 1.29 is 5.11 Å². The van der Waals surface area contributed by atoms with Crippen molar-refractivity contribution in [2.75, 3.05) is 7.05 Å². The van der Waals surface area contributed by atoms with E-state index in [4.69, 9.17) is 16.6 Å². The molecule has 148 valence electrons. The van der Waals surface area contributed by atoms with Gasteiger partial charge in [-0.25, -0.2) is 0 Å². The summed E-state index contributed by atoms with van der Waals surface area (Å²) in [7, 11) is 1.69. The van der Waals surface area contributed by atoms with Gasteiger partial charge in [0.25, 0.3) is 0 Å². The van der Waals surface area contributed by atoms with Crippen LogP contribution < -0.4 is 21.7 Å². The van der Waals surface area contributed by atoms with Gasteiger partial charge in [0.15, 0.2) is 0 Å². The smallest absolute Gasteiger partial charge is 0.123 e. The molecular weight excluding hydrogens is 354 g/mol. The lowest BCUT2D eigenvalue weighted by molar-refractivity contribution is 0.127. The van der Waals surface area contributed by atoms with Crippen LogP contribution in [0, 0.1) is 10.8 Å². The second-order valence-electron chi connectivity index (χ2n) is 6.91. The number of aliphatic hydroxyl groups is 1. The minimum Gasteiger partial charge on any atom is -0.402 e. The third-order valence-corrected chi connectivity index (χ3v) is 4.08. The van der Waals surface area contributed by atoms with Gasteiger partial charge in [0.05, 0.1) is 17.0 Å². The maximum absolute atomic E-state index is 10.0. The number of nitrogens with two attached hydrogens (primary N) is 1. The molecule has 8 N–H and O–H groups in total. The highest BCUT2D eigenvalue weighted by Gasteiger charge is 2.19. The molecule has 0 aromatic carbocycles. The second-order valence-corrected chi connectivity index (χ2v) is 6.91. The summed E-state index contributed by atoms with van der Waals surface area (Å²) in [6, 6.07) is 0. The Bertz CT molecular complexity index is 886. The van der Waals surface area contributed by atoms with Crippen LogP contribution in [0.1, 0.15) is 20.8 Å². The maximum atomic E-state index is 10.0. The molecule has 2 aliphatic heterocycles. The van der Waals surface area contributed by atoms with Crippen LogP contribution in [0.3, 0.4) is 0 Å². The largest absolute Gasteiger partial charge is 0.402 e. The molecule has 8 nitrogen and oxygen atoms in total. The summed E-state index contributed by atoms with van der Waals surface area (Å²) in [5.74, 6) is 0.645. The van der Waals surface area contributed by atoms with Gasteiger partial charge < -0.3 is 32.2 Å². The van der Waals surface area contributed by atoms with Crippen LogP contribution in [0.5, 0.6) is 0 Å². The Morgan fingerprint density at radius 1 is 1.32 bits per heavy atom. The number of rotatable bonds is 6. The predicted octanol–water partition coefficient (Wildman–Crippen LogP) is 1.53. The van der Waals surface area contributed by atoms with E-state index in [0.29, 0.717) is 17.1 Å². The fourth-order valence-electron chi connectivity index (χ4n) is 2.60. The Hall–Kier alpha value is -3.39. The van der Waals surface area contributed by atoms with Gasteiger partial charge in [0, 0.05) is 48.1 Å².